The molecule has 0 heterocycles. The van der Waals surface area contributed by atoms with Crippen molar-refractivity contribution in [1.82, 2.24) is 0 Å². The van der Waals surface area contributed by atoms with Crippen LogP contribution in [-0.2, 0) is 14.3 Å². The lowest BCUT2D eigenvalue weighted by Gasteiger charge is -2.03. The van der Waals surface area contributed by atoms with E-state index in [1.165, 1.54) is 0 Å². The Bertz CT molecular complexity index is 286. The molecule has 0 atom stereocenters. The number of rotatable bonds is 4. The van der Waals surface area contributed by atoms with Crippen LogP contribution in [0.2, 0.25) is 0 Å². The zero-order valence-electron chi connectivity index (χ0n) is 8.37. The molecule has 14 heavy (non-hydrogen) atoms. The maximum Gasteiger partial charge on any atom is 0.373 e. The van der Waals surface area contributed by atoms with Crippen molar-refractivity contribution in [3.05, 3.63) is 11.8 Å². The van der Waals surface area contributed by atoms with Crippen LogP contribution in [0.25, 0.3) is 0 Å². The van der Waals surface area contributed by atoms with Crippen molar-refractivity contribution in [2.24, 2.45) is 5.41 Å². The summed E-state index contributed by atoms with van der Waals surface area (Å²) in [7, 11) is 0. The quantitative estimate of drug-likeness (QED) is 0.421. The number of carbonyl (C=O) groups excluding carboxylic acids is 2. The van der Waals surface area contributed by atoms with Gasteiger partial charge in [0.25, 0.3) is 0 Å². The SMILES string of the molecule is CCOC(=O)C(O)=CC(=O)C1(C)CC1. The lowest BCUT2D eigenvalue weighted by molar-refractivity contribution is -0.141. The van der Waals surface area contributed by atoms with Crippen LogP contribution >= 0.6 is 0 Å². The zero-order chi connectivity index (χ0) is 10.8. The van der Waals surface area contributed by atoms with Crippen LogP contribution in [-0.4, -0.2) is 23.5 Å². The Kier molecular flexibility index (Phi) is 2.93. The van der Waals surface area contributed by atoms with Crippen LogP contribution < -0.4 is 0 Å². The highest BCUT2D eigenvalue weighted by molar-refractivity contribution is 6.01. The van der Waals surface area contributed by atoms with Gasteiger partial charge in [-0.05, 0) is 19.8 Å². The Morgan fingerprint density at radius 2 is 2.07 bits per heavy atom. The molecule has 0 aromatic rings. The first-order valence-electron chi connectivity index (χ1n) is 4.62. The second kappa shape index (κ2) is 3.82. The average Bonchev–Trinajstić information content (AvgIpc) is 2.85. The third kappa shape index (κ3) is 2.34. The molecule has 1 N–H and O–H groups in total. The molecular weight excluding hydrogens is 184 g/mol. The molecule has 0 radical (unpaired) electrons. The maximum atomic E-state index is 11.4. The molecular formula is C10H14O4. The molecule has 0 amide bonds. The van der Waals surface area contributed by atoms with Crippen molar-refractivity contribution in [1.29, 1.82) is 0 Å². The van der Waals surface area contributed by atoms with E-state index in [1.54, 1.807) is 6.92 Å². The number of aliphatic hydroxyl groups excluding tert-OH is 1. The van der Waals surface area contributed by atoms with E-state index in [2.05, 4.69) is 4.74 Å². The van der Waals surface area contributed by atoms with Gasteiger partial charge in [0, 0.05) is 11.5 Å². The van der Waals surface area contributed by atoms with Gasteiger partial charge in [0.05, 0.1) is 6.61 Å². The number of esters is 1. The summed E-state index contributed by atoms with van der Waals surface area (Å²) < 4.78 is 4.53. The summed E-state index contributed by atoms with van der Waals surface area (Å²) in [4.78, 5) is 22.3. The smallest absolute Gasteiger partial charge is 0.373 e. The predicted molar refractivity (Wildman–Crippen MR) is 49.7 cm³/mol. The molecule has 4 nitrogen and oxygen atoms in total. The third-order valence-electron chi connectivity index (χ3n) is 2.35. The highest BCUT2D eigenvalue weighted by Crippen LogP contribution is 2.46. The van der Waals surface area contributed by atoms with Crippen molar-refractivity contribution in [3.8, 4) is 0 Å². The minimum atomic E-state index is -0.842. The van der Waals surface area contributed by atoms with Crippen molar-refractivity contribution >= 4 is 11.8 Å². The Morgan fingerprint density at radius 3 is 2.50 bits per heavy atom. The minimum absolute atomic E-state index is 0.183. The summed E-state index contributed by atoms with van der Waals surface area (Å²) >= 11 is 0. The molecule has 0 aromatic heterocycles. The van der Waals surface area contributed by atoms with Crippen LogP contribution in [0, 0.1) is 5.41 Å². The molecule has 0 unspecified atom stereocenters. The topological polar surface area (TPSA) is 63.6 Å². The monoisotopic (exact) mass is 198 g/mol. The first kappa shape index (κ1) is 10.8. The first-order valence-corrected chi connectivity index (χ1v) is 4.62. The number of hydrogen-bond acceptors (Lipinski definition) is 4. The fourth-order valence-corrected chi connectivity index (χ4v) is 0.996. The van der Waals surface area contributed by atoms with Gasteiger partial charge in [-0.25, -0.2) is 4.79 Å². The van der Waals surface area contributed by atoms with Gasteiger partial charge in [-0.1, -0.05) is 6.92 Å². The van der Waals surface area contributed by atoms with Gasteiger partial charge < -0.3 is 9.84 Å². The summed E-state index contributed by atoms with van der Waals surface area (Å²) in [6.45, 7) is 3.63. The van der Waals surface area contributed by atoms with Gasteiger partial charge in [0.15, 0.2) is 5.78 Å². The minimum Gasteiger partial charge on any atom is -0.502 e. The molecule has 1 saturated carbocycles. The number of ketones is 1. The van der Waals surface area contributed by atoms with Crippen LogP contribution in [0.3, 0.4) is 0 Å². The summed E-state index contributed by atoms with van der Waals surface area (Å²) in [5, 5.41) is 9.18. The maximum absolute atomic E-state index is 11.4. The normalized spacial score (nSPS) is 18.9. The van der Waals surface area contributed by atoms with E-state index < -0.39 is 11.7 Å². The molecule has 4 heteroatoms. The molecule has 0 aromatic carbocycles. The molecule has 1 fully saturated rings. The largest absolute Gasteiger partial charge is 0.502 e. The first-order chi connectivity index (χ1) is 6.49. The van der Waals surface area contributed by atoms with Crippen LogP contribution in [0.15, 0.2) is 11.8 Å². The lowest BCUT2D eigenvalue weighted by Crippen LogP contribution is -2.13. The Morgan fingerprint density at radius 1 is 1.50 bits per heavy atom. The van der Waals surface area contributed by atoms with E-state index in [0.29, 0.717) is 0 Å². The van der Waals surface area contributed by atoms with E-state index in [-0.39, 0.29) is 17.8 Å². The Balaban J connectivity index is 2.59. The number of hydrogen-bond donors (Lipinski definition) is 1. The van der Waals surface area contributed by atoms with Crippen LogP contribution in [0.5, 0.6) is 0 Å². The fourth-order valence-electron chi connectivity index (χ4n) is 0.996. The third-order valence-corrected chi connectivity index (χ3v) is 2.35. The molecule has 0 spiro atoms. The number of aliphatic hydroxyl groups is 1. The summed E-state index contributed by atoms with van der Waals surface area (Å²) in [5.41, 5.74) is -0.361. The van der Waals surface area contributed by atoms with Crippen molar-refractivity contribution in [3.63, 3.8) is 0 Å². The van der Waals surface area contributed by atoms with Crippen molar-refractivity contribution in [2.75, 3.05) is 6.61 Å². The summed E-state index contributed by atoms with van der Waals surface area (Å²) in [6.07, 6.45) is 2.60. The number of carbonyl (C=O) groups is 2. The molecule has 0 saturated heterocycles. The molecule has 0 aliphatic heterocycles. The van der Waals surface area contributed by atoms with Crippen LogP contribution in [0.1, 0.15) is 26.7 Å². The number of allylic oxidation sites excluding steroid dienone is 1. The summed E-state index contributed by atoms with van der Waals surface area (Å²) in [6, 6.07) is 0. The van der Waals surface area contributed by atoms with Gasteiger partial charge in [-0.2, -0.15) is 0 Å². The summed E-state index contributed by atoms with van der Waals surface area (Å²) in [5.74, 6) is -1.65. The zero-order valence-corrected chi connectivity index (χ0v) is 8.37. The average molecular weight is 198 g/mol. The standard InChI is InChI=1S/C10H14O4/c1-3-14-9(13)7(11)6-8(12)10(2)4-5-10/h6,11H,3-5H2,1-2H3. The van der Waals surface area contributed by atoms with E-state index in [0.717, 1.165) is 18.9 Å². The van der Waals surface area contributed by atoms with Crippen LogP contribution in [0.4, 0.5) is 0 Å². The highest BCUT2D eigenvalue weighted by Gasteiger charge is 2.43. The van der Waals surface area contributed by atoms with E-state index >= 15 is 0 Å². The molecule has 0 bridgehead atoms. The van der Waals surface area contributed by atoms with Crippen molar-refractivity contribution in [2.45, 2.75) is 26.7 Å². The number of ether oxygens (including phenoxy) is 1. The highest BCUT2D eigenvalue weighted by atomic mass is 16.5. The molecule has 78 valence electrons. The molecule has 1 aliphatic rings. The molecule has 1 aliphatic carbocycles. The second-order valence-electron chi connectivity index (χ2n) is 3.67. The van der Waals surface area contributed by atoms with Crippen molar-refractivity contribution < 1.29 is 19.4 Å². The molecule has 1 rings (SSSR count). The van der Waals surface area contributed by atoms with E-state index in [9.17, 15) is 14.7 Å². The second-order valence-corrected chi connectivity index (χ2v) is 3.67. The van der Waals surface area contributed by atoms with Gasteiger partial charge in [-0.3, -0.25) is 4.79 Å². The Hall–Kier alpha value is -1.32. The fraction of sp³-hybridized carbons (Fsp3) is 0.600. The van der Waals surface area contributed by atoms with Gasteiger partial charge in [-0.15, -0.1) is 0 Å². The van der Waals surface area contributed by atoms with Gasteiger partial charge in [0.2, 0.25) is 5.76 Å². The van der Waals surface area contributed by atoms with E-state index in [4.69, 9.17) is 0 Å². The Labute approximate surface area is 82.6 Å². The van der Waals surface area contributed by atoms with E-state index in [1.807, 2.05) is 6.92 Å². The van der Waals surface area contributed by atoms with Gasteiger partial charge >= 0.3 is 5.97 Å². The lowest BCUT2D eigenvalue weighted by atomic mass is 10.0. The predicted octanol–water partition coefficient (Wildman–Crippen LogP) is 1.36. The van der Waals surface area contributed by atoms with Gasteiger partial charge in [0.1, 0.15) is 0 Å².